The normalized spacial score (nSPS) is 13.5. The van der Waals surface area contributed by atoms with Gasteiger partial charge in [0.1, 0.15) is 48.0 Å². The Labute approximate surface area is 452 Å². The molecule has 0 saturated heterocycles. The van der Waals surface area contributed by atoms with Gasteiger partial charge in [-0.2, -0.15) is 12.6 Å². The van der Waals surface area contributed by atoms with Crippen molar-refractivity contribution in [1.29, 1.82) is 0 Å². The van der Waals surface area contributed by atoms with Crippen molar-refractivity contribution in [3.05, 3.63) is 65.9 Å². The van der Waals surface area contributed by atoms with E-state index >= 15 is 0 Å². The number of primary amides is 1. The number of unbranched alkanes of at least 4 members (excludes halogenated alkanes) is 1. The van der Waals surface area contributed by atoms with E-state index in [2.05, 4.69) is 65.1 Å². The van der Waals surface area contributed by atoms with Gasteiger partial charge in [0, 0.05) is 49.2 Å². The molecule has 30 heteroatoms. The monoisotopic (exact) mass is 1110 g/mol. The summed E-state index contributed by atoms with van der Waals surface area (Å²) in [4.78, 5) is 150. The van der Waals surface area contributed by atoms with E-state index in [1.165, 1.54) is 31.2 Å². The number of nitrogens with one attached hydrogen (secondary N) is 10. The van der Waals surface area contributed by atoms with E-state index in [9.17, 15) is 68.1 Å². The van der Waals surface area contributed by atoms with Crippen molar-refractivity contribution in [3.63, 3.8) is 0 Å². The number of carboxylic acids is 1. The van der Waals surface area contributed by atoms with Crippen molar-refractivity contribution in [1.82, 2.24) is 52.8 Å². The number of aromatic nitrogens is 1. The van der Waals surface area contributed by atoms with E-state index in [1.54, 1.807) is 30.5 Å². The minimum absolute atomic E-state index is 0.00651. The third-order valence-electron chi connectivity index (χ3n) is 11.5. The van der Waals surface area contributed by atoms with Gasteiger partial charge in [-0.05, 0) is 68.0 Å². The lowest BCUT2D eigenvalue weighted by atomic mass is 10.0. The van der Waals surface area contributed by atoms with Gasteiger partial charge < -0.3 is 91.1 Å². The van der Waals surface area contributed by atoms with Crippen molar-refractivity contribution < 1.29 is 68.1 Å². The summed E-state index contributed by atoms with van der Waals surface area (Å²) in [6.07, 6.45) is 1.17. The van der Waals surface area contributed by atoms with E-state index < -0.39 is 133 Å². The van der Waals surface area contributed by atoms with Crippen LogP contribution in [0.15, 0.2) is 59.7 Å². The number of nitrogens with zero attached hydrogens (tertiary/aromatic N) is 1. The first kappa shape index (κ1) is 63.8. The summed E-state index contributed by atoms with van der Waals surface area (Å²) in [7, 11) is 0. The topological polar surface area (TPSA) is 489 Å². The van der Waals surface area contributed by atoms with Gasteiger partial charge in [0.25, 0.3) is 0 Å². The number of guanidine groups is 1. The van der Waals surface area contributed by atoms with Crippen LogP contribution in [0.5, 0.6) is 5.75 Å². The third kappa shape index (κ3) is 22.4. The fourth-order valence-corrected chi connectivity index (χ4v) is 7.79. The Morgan fingerprint density at radius 2 is 1.15 bits per heavy atom. The number of carboxylic acid groups (broad SMARTS) is 1. The molecule has 0 saturated carbocycles. The number of fused-ring (bicyclic) bond motifs is 1. The Hall–Kier alpha value is -8.51. The van der Waals surface area contributed by atoms with Gasteiger partial charge in [-0.15, -0.1) is 0 Å². The largest absolute Gasteiger partial charge is 0.508 e. The number of benzene rings is 2. The molecule has 0 aliphatic rings. The lowest BCUT2D eigenvalue weighted by Crippen LogP contribution is -2.59. The maximum absolute atomic E-state index is 14.5. The van der Waals surface area contributed by atoms with Gasteiger partial charge in [-0.3, -0.25) is 57.7 Å². The van der Waals surface area contributed by atoms with E-state index in [4.69, 9.17) is 22.9 Å². The summed E-state index contributed by atoms with van der Waals surface area (Å²) in [5.74, 6) is -11.1. The number of aliphatic carboxylic acids is 1. The molecule has 0 aliphatic carbocycles. The van der Waals surface area contributed by atoms with Gasteiger partial charge in [0.2, 0.25) is 59.1 Å². The molecule has 2 aromatic carbocycles. The summed E-state index contributed by atoms with van der Waals surface area (Å²) in [5.41, 5.74) is 23.4. The number of thiol groups is 1. The quantitative estimate of drug-likeness (QED) is 0.0115. The van der Waals surface area contributed by atoms with Crippen LogP contribution in [-0.2, 0) is 65.6 Å². The number of aliphatic hydroxyl groups is 1. The van der Waals surface area contributed by atoms with Gasteiger partial charge >= 0.3 is 5.97 Å². The Bertz CT molecular complexity index is 2610. The van der Waals surface area contributed by atoms with E-state index in [-0.39, 0.29) is 62.7 Å². The first-order valence-electron chi connectivity index (χ1n) is 24.5. The number of hydrogen-bond donors (Lipinski definition) is 18. The highest BCUT2D eigenvalue weighted by atomic mass is 32.1. The van der Waals surface area contributed by atoms with Gasteiger partial charge in [0.15, 0.2) is 5.96 Å². The zero-order chi connectivity index (χ0) is 57.9. The summed E-state index contributed by atoms with van der Waals surface area (Å²) >= 11 is 4.15. The molecule has 0 fully saturated rings. The number of carbonyl (C=O) groups is 11. The predicted octanol–water partition coefficient (Wildman–Crippen LogP) is -5.63. The maximum atomic E-state index is 14.5. The number of nitrogens with two attached hydrogens (primary N) is 4. The molecule has 7 atom stereocenters. The number of rotatable bonds is 34. The smallest absolute Gasteiger partial charge is 0.305 e. The number of aromatic hydroxyl groups is 1. The number of aliphatic imine (C=N–C) groups is 1. The lowest BCUT2D eigenvalue weighted by Gasteiger charge is -2.26. The van der Waals surface area contributed by atoms with Crippen LogP contribution in [0.1, 0.15) is 56.6 Å². The Morgan fingerprint density at radius 1 is 0.628 bits per heavy atom. The molecule has 10 amide bonds. The molecule has 0 bridgehead atoms. The van der Waals surface area contributed by atoms with Crippen LogP contribution in [0.25, 0.3) is 10.9 Å². The molecule has 1 aromatic heterocycles. The number of hydrogen-bond acceptors (Lipinski definition) is 16. The van der Waals surface area contributed by atoms with E-state index in [1.807, 2.05) is 5.32 Å². The number of phenolic OH excluding ortho intramolecular Hbond substituents is 1. The second kappa shape index (κ2) is 32.8. The average Bonchev–Trinajstić information content (AvgIpc) is 3.81. The van der Waals surface area contributed by atoms with Crippen LogP contribution in [0.4, 0.5) is 0 Å². The molecule has 3 rings (SSSR count). The first-order valence-corrected chi connectivity index (χ1v) is 25.1. The van der Waals surface area contributed by atoms with Crippen LogP contribution >= 0.6 is 12.6 Å². The minimum Gasteiger partial charge on any atom is -0.508 e. The average molecular weight is 1110 g/mol. The summed E-state index contributed by atoms with van der Waals surface area (Å²) in [5, 5.41) is 51.1. The fraction of sp³-hybridized carbons (Fsp3) is 0.458. The standard InChI is InChI=1S/C48H69N15O14S/c1-25(65)57-37(24-78)47(77)60-32(9-4-5-15-49)44(74)61-33(17-26-11-13-28(66)14-12-26)45(75)62-34(18-27-20-54-30-8-3-2-7-29(27)30)43(73)56-21-38(67)58-31(10-6-16-53-48(51)52)42(72)55-22-39(68)59-35(19-40(69)70)46(76)63-36(23-64)41(50)71/h2-3,7-8,11-14,20,31-37,54,64,66,78H,4-6,9-10,15-19,21-24,49H2,1H3,(H2,50,71)(H,55,72)(H,56,73)(H,57,65)(H,58,67)(H,59,68)(H,60,77)(H,61,74)(H,62,75)(H,63,76)(H,69,70)(H4,51,52,53)/t31-,32-,33-,34-,35-,36-,37-/m0/s1. The summed E-state index contributed by atoms with van der Waals surface area (Å²) in [6, 6.07) is 2.79. The molecule has 0 aliphatic heterocycles. The maximum Gasteiger partial charge on any atom is 0.305 e. The van der Waals surface area contributed by atoms with E-state index in [0.29, 0.717) is 34.9 Å². The second-order valence-corrected chi connectivity index (χ2v) is 18.1. The van der Waals surface area contributed by atoms with Crippen LogP contribution in [-0.4, -0.2) is 172 Å². The molecular weight excluding hydrogens is 1040 g/mol. The van der Waals surface area contributed by atoms with Crippen LogP contribution < -0.4 is 70.8 Å². The number of aromatic amines is 1. The third-order valence-corrected chi connectivity index (χ3v) is 11.9. The van der Waals surface area contributed by atoms with Gasteiger partial charge in [0.05, 0.1) is 26.1 Å². The van der Waals surface area contributed by atoms with Crippen molar-refractivity contribution in [3.8, 4) is 5.75 Å². The molecule has 0 spiro atoms. The van der Waals surface area contributed by atoms with Crippen molar-refractivity contribution in [2.24, 2.45) is 27.9 Å². The van der Waals surface area contributed by atoms with Crippen LogP contribution in [0.2, 0.25) is 0 Å². The highest BCUT2D eigenvalue weighted by Gasteiger charge is 2.33. The molecule has 0 unspecified atom stereocenters. The highest BCUT2D eigenvalue weighted by Crippen LogP contribution is 2.20. The van der Waals surface area contributed by atoms with E-state index in [0.717, 1.165) is 0 Å². The number of aliphatic hydroxyl groups excluding tert-OH is 1. The summed E-state index contributed by atoms with van der Waals surface area (Å²) in [6.45, 7) is -1.10. The Balaban J connectivity index is 1.89. The van der Waals surface area contributed by atoms with Gasteiger partial charge in [-0.1, -0.05) is 30.3 Å². The number of para-hydroxylation sites is 1. The zero-order valence-electron chi connectivity index (χ0n) is 42.7. The molecule has 21 N–H and O–H groups in total. The molecule has 29 nitrogen and oxygen atoms in total. The summed E-state index contributed by atoms with van der Waals surface area (Å²) < 4.78 is 0. The van der Waals surface area contributed by atoms with Crippen molar-refractivity contribution >= 4 is 94.5 Å². The molecule has 1 heterocycles. The molecule has 3 aromatic rings. The fourth-order valence-electron chi connectivity index (χ4n) is 7.53. The molecule has 426 valence electrons. The number of phenols is 1. The zero-order valence-corrected chi connectivity index (χ0v) is 43.6. The predicted molar refractivity (Wildman–Crippen MR) is 284 cm³/mol. The van der Waals surface area contributed by atoms with Crippen LogP contribution in [0.3, 0.4) is 0 Å². The van der Waals surface area contributed by atoms with Crippen molar-refractivity contribution in [2.45, 2.75) is 101 Å². The van der Waals surface area contributed by atoms with Crippen LogP contribution in [0, 0.1) is 0 Å². The highest BCUT2D eigenvalue weighted by molar-refractivity contribution is 7.80. The minimum atomic E-state index is -1.79. The molecular formula is C48H69N15O14S. The molecule has 0 radical (unpaired) electrons. The number of carbonyl (C=O) groups excluding carboxylic acids is 10. The second-order valence-electron chi connectivity index (χ2n) is 17.7. The molecule has 78 heavy (non-hydrogen) atoms. The SMILES string of the molecule is CC(=O)N[C@@H](CS)C(=O)N[C@@H](CCCCN)C(=O)N[C@@H](Cc1ccc(O)cc1)C(=O)N[C@@H](Cc1c[nH]c2ccccc12)C(=O)NCC(=O)N[C@@H](CCCN=C(N)N)C(=O)NCC(=O)N[C@@H](CC(=O)O)C(=O)N[C@@H](CO)C(N)=O. The number of H-pyrrole nitrogens is 1. The first-order chi connectivity index (χ1) is 37.0. The number of amides is 10. The van der Waals surface area contributed by atoms with Gasteiger partial charge in [-0.25, -0.2) is 0 Å². The lowest BCUT2D eigenvalue weighted by molar-refractivity contribution is -0.141. The Morgan fingerprint density at radius 3 is 1.73 bits per heavy atom. The Kier molecular flexibility index (Phi) is 26.8. The van der Waals surface area contributed by atoms with Crippen molar-refractivity contribution in [2.75, 3.05) is 38.5 Å².